The average Bonchev–Trinajstić information content (AvgIpc) is 1.95. The second-order valence-electron chi connectivity index (χ2n) is 2.74. The number of hydrogen-bond donors (Lipinski definition) is 0. The quantitative estimate of drug-likeness (QED) is 0.617. The van der Waals surface area contributed by atoms with E-state index in [4.69, 9.17) is 0 Å². The van der Waals surface area contributed by atoms with Crippen molar-refractivity contribution in [3.63, 3.8) is 0 Å². The molecular weight excluding hydrogens is 144 g/mol. The van der Waals surface area contributed by atoms with Crippen molar-refractivity contribution in [2.24, 2.45) is 0 Å². The molecule has 0 nitrogen and oxygen atoms in total. The highest BCUT2D eigenvalue weighted by molar-refractivity contribution is 5.21. The maximum atomic E-state index is 2.21. The van der Waals surface area contributed by atoms with E-state index in [0.29, 0.717) is 0 Å². The summed E-state index contributed by atoms with van der Waals surface area (Å²) in [7, 11) is 0. The standard InChI is InChI=1S/C10H14.2CH4/c1-3-4-10-7-5-9(2)6-8-10;;/h5-8H,3-4H2,1-2H3;2*1H4. The van der Waals surface area contributed by atoms with Crippen molar-refractivity contribution in [1.29, 1.82) is 0 Å². The Morgan fingerprint density at radius 2 is 1.50 bits per heavy atom. The van der Waals surface area contributed by atoms with Crippen molar-refractivity contribution < 1.29 is 0 Å². The lowest BCUT2D eigenvalue weighted by Gasteiger charge is -1.97. The molecule has 12 heavy (non-hydrogen) atoms. The third-order valence-corrected chi connectivity index (χ3v) is 1.66. The van der Waals surface area contributed by atoms with E-state index in [-0.39, 0.29) is 14.9 Å². The lowest BCUT2D eigenvalue weighted by molar-refractivity contribution is 0.921. The Kier molecular flexibility index (Phi) is 7.93. The summed E-state index contributed by atoms with van der Waals surface area (Å²) in [6.45, 7) is 4.33. The molecule has 1 aromatic carbocycles. The average molecular weight is 166 g/mol. The van der Waals surface area contributed by atoms with E-state index in [0.717, 1.165) is 0 Å². The maximum Gasteiger partial charge on any atom is -0.0281 e. The van der Waals surface area contributed by atoms with Gasteiger partial charge in [-0.3, -0.25) is 0 Å². The van der Waals surface area contributed by atoms with Crippen LogP contribution in [-0.4, -0.2) is 0 Å². The van der Waals surface area contributed by atoms with Gasteiger partial charge in [0.15, 0.2) is 0 Å². The fourth-order valence-corrected chi connectivity index (χ4v) is 1.04. The lowest BCUT2D eigenvalue weighted by atomic mass is 10.1. The molecule has 0 aliphatic carbocycles. The first-order valence-corrected chi connectivity index (χ1v) is 3.88. The van der Waals surface area contributed by atoms with Crippen LogP contribution in [0, 0.1) is 6.92 Å². The first-order chi connectivity index (χ1) is 4.83. The zero-order valence-electron chi connectivity index (χ0n) is 6.72. The summed E-state index contributed by atoms with van der Waals surface area (Å²) in [5.41, 5.74) is 2.80. The van der Waals surface area contributed by atoms with E-state index in [1.165, 1.54) is 24.0 Å². The van der Waals surface area contributed by atoms with E-state index < -0.39 is 0 Å². The van der Waals surface area contributed by atoms with E-state index in [1.807, 2.05) is 0 Å². The zero-order chi connectivity index (χ0) is 7.40. The van der Waals surface area contributed by atoms with Gasteiger partial charge in [0.2, 0.25) is 0 Å². The molecule has 0 amide bonds. The van der Waals surface area contributed by atoms with Crippen molar-refractivity contribution in [2.45, 2.75) is 41.5 Å². The zero-order valence-corrected chi connectivity index (χ0v) is 6.72. The minimum absolute atomic E-state index is 0. The Labute approximate surface area is 77.6 Å². The lowest BCUT2D eigenvalue weighted by Crippen LogP contribution is -1.81. The Bertz CT molecular complexity index is 184. The van der Waals surface area contributed by atoms with Crippen LogP contribution in [0.15, 0.2) is 24.3 Å². The van der Waals surface area contributed by atoms with Gasteiger partial charge < -0.3 is 0 Å². The Morgan fingerprint density at radius 1 is 1.00 bits per heavy atom. The number of rotatable bonds is 2. The molecule has 0 saturated heterocycles. The summed E-state index contributed by atoms with van der Waals surface area (Å²) in [5.74, 6) is 0. The molecule has 1 aromatic rings. The molecule has 0 fully saturated rings. The monoisotopic (exact) mass is 166 g/mol. The first kappa shape index (κ1) is 13.8. The molecule has 0 saturated carbocycles. The van der Waals surface area contributed by atoms with E-state index >= 15 is 0 Å². The van der Waals surface area contributed by atoms with Gasteiger partial charge in [-0.05, 0) is 18.9 Å². The predicted octanol–water partition coefficient (Wildman–Crippen LogP) is 4.22. The summed E-state index contributed by atoms with van der Waals surface area (Å²) < 4.78 is 0. The smallest absolute Gasteiger partial charge is 0.0281 e. The Hall–Kier alpha value is -0.780. The molecule has 0 spiro atoms. The first-order valence-electron chi connectivity index (χ1n) is 3.88. The summed E-state index contributed by atoms with van der Waals surface area (Å²) in [5, 5.41) is 0. The molecule has 1 rings (SSSR count). The van der Waals surface area contributed by atoms with Gasteiger partial charge in [0.25, 0.3) is 0 Å². The fraction of sp³-hybridized carbons (Fsp3) is 0.500. The van der Waals surface area contributed by atoms with E-state index in [2.05, 4.69) is 38.1 Å². The fourth-order valence-electron chi connectivity index (χ4n) is 1.04. The molecule has 0 heteroatoms. The highest BCUT2D eigenvalue weighted by Crippen LogP contribution is 2.04. The van der Waals surface area contributed by atoms with Crippen LogP contribution in [0.4, 0.5) is 0 Å². The van der Waals surface area contributed by atoms with Crippen molar-refractivity contribution in [3.8, 4) is 0 Å². The molecule has 0 aliphatic heterocycles. The normalized spacial score (nSPS) is 8.17. The summed E-state index contributed by atoms with van der Waals surface area (Å²) in [6, 6.07) is 8.76. The van der Waals surface area contributed by atoms with Gasteiger partial charge in [-0.25, -0.2) is 0 Å². The van der Waals surface area contributed by atoms with Crippen molar-refractivity contribution >= 4 is 0 Å². The molecule has 0 radical (unpaired) electrons. The molecule has 70 valence electrons. The topological polar surface area (TPSA) is 0 Å². The summed E-state index contributed by atoms with van der Waals surface area (Å²) >= 11 is 0. The summed E-state index contributed by atoms with van der Waals surface area (Å²) in [4.78, 5) is 0. The summed E-state index contributed by atoms with van der Waals surface area (Å²) in [6.07, 6.45) is 2.45. The van der Waals surface area contributed by atoms with Gasteiger partial charge in [-0.2, -0.15) is 0 Å². The van der Waals surface area contributed by atoms with Crippen molar-refractivity contribution in [3.05, 3.63) is 35.4 Å². The highest BCUT2D eigenvalue weighted by Gasteiger charge is 1.87. The molecule has 0 unspecified atom stereocenters. The number of benzene rings is 1. The Balaban J connectivity index is 0. The van der Waals surface area contributed by atoms with E-state index in [9.17, 15) is 0 Å². The Morgan fingerprint density at radius 3 is 1.92 bits per heavy atom. The highest BCUT2D eigenvalue weighted by atomic mass is 13.9. The second-order valence-corrected chi connectivity index (χ2v) is 2.74. The molecule has 0 N–H and O–H groups in total. The maximum absolute atomic E-state index is 2.21. The number of hydrogen-bond acceptors (Lipinski definition) is 0. The van der Waals surface area contributed by atoms with Crippen LogP contribution in [0.25, 0.3) is 0 Å². The third kappa shape index (κ3) is 4.17. The van der Waals surface area contributed by atoms with Crippen LogP contribution < -0.4 is 0 Å². The van der Waals surface area contributed by atoms with Gasteiger partial charge in [0, 0.05) is 0 Å². The van der Waals surface area contributed by atoms with Crippen LogP contribution in [0.1, 0.15) is 39.3 Å². The van der Waals surface area contributed by atoms with Crippen LogP contribution in [0.3, 0.4) is 0 Å². The predicted molar refractivity (Wildman–Crippen MR) is 58.6 cm³/mol. The molecular formula is C12H22. The minimum atomic E-state index is 0. The van der Waals surface area contributed by atoms with Crippen LogP contribution in [0.2, 0.25) is 0 Å². The minimum Gasteiger partial charge on any atom is -0.0776 e. The van der Waals surface area contributed by atoms with Gasteiger partial charge >= 0.3 is 0 Å². The van der Waals surface area contributed by atoms with Crippen LogP contribution in [0.5, 0.6) is 0 Å². The van der Waals surface area contributed by atoms with Gasteiger partial charge in [-0.1, -0.05) is 58.0 Å². The number of aryl methyl sites for hydroxylation is 2. The largest absolute Gasteiger partial charge is 0.0776 e. The van der Waals surface area contributed by atoms with Gasteiger partial charge in [0.1, 0.15) is 0 Å². The molecule has 0 aromatic heterocycles. The molecule has 0 aliphatic rings. The SMILES string of the molecule is C.C.CCCc1ccc(C)cc1. The van der Waals surface area contributed by atoms with Gasteiger partial charge in [0.05, 0.1) is 0 Å². The van der Waals surface area contributed by atoms with Gasteiger partial charge in [-0.15, -0.1) is 0 Å². The molecule has 0 bridgehead atoms. The second kappa shape index (κ2) is 6.90. The molecule has 0 heterocycles. The van der Waals surface area contributed by atoms with Crippen LogP contribution in [-0.2, 0) is 6.42 Å². The van der Waals surface area contributed by atoms with Crippen molar-refractivity contribution in [2.75, 3.05) is 0 Å². The van der Waals surface area contributed by atoms with Crippen molar-refractivity contribution in [1.82, 2.24) is 0 Å². The third-order valence-electron chi connectivity index (χ3n) is 1.66. The van der Waals surface area contributed by atoms with Crippen LogP contribution >= 0.6 is 0 Å². The van der Waals surface area contributed by atoms with E-state index in [1.54, 1.807) is 0 Å². The molecule has 0 atom stereocenters.